The largest absolute Gasteiger partial charge is 0.468 e. The zero-order valence-corrected chi connectivity index (χ0v) is 16.3. The number of rotatable bonds is 5. The average molecular weight is 373 g/mol. The Kier molecular flexibility index (Phi) is 4.84. The Morgan fingerprint density at radius 3 is 2.64 bits per heavy atom. The molecule has 2 heterocycles. The minimum atomic E-state index is -0.149. The van der Waals surface area contributed by atoms with Gasteiger partial charge in [-0.1, -0.05) is 18.2 Å². The van der Waals surface area contributed by atoms with E-state index < -0.39 is 0 Å². The molecule has 4 rings (SSSR count). The predicted octanol–water partition coefficient (Wildman–Crippen LogP) is 4.45. The van der Waals surface area contributed by atoms with Crippen molar-refractivity contribution in [3.05, 3.63) is 93.9 Å². The van der Waals surface area contributed by atoms with Gasteiger partial charge in [0.1, 0.15) is 11.6 Å². The van der Waals surface area contributed by atoms with Crippen LogP contribution >= 0.6 is 0 Å². The fourth-order valence-corrected chi connectivity index (χ4v) is 3.31. The number of aryl methyl sites for hydroxylation is 2. The van der Waals surface area contributed by atoms with Crippen LogP contribution in [0.4, 0.5) is 0 Å². The van der Waals surface area contributed by atoms with Crippen molar-refractivity contribution in [2.45, 2.75) is 33.4 Å². The molecule has 28 heavy (non-hydrogen) atoms. The first-order valence-electron chi connectivity index (χ1n) is 9.39. The number of fused-ring (bicyclic) bond motifs is 1. The molecule has 0 saturated carbocycles. The van der Waals surface area contributed by atoms with Gasteiger partial charge < -0.3 is 9.73 Å². The molecular formula is C23H23N3O2. The number of aromatic nitrogens is 2. The van der Waals surface area contributed by atoms with Gasteiger partial charge in [0.2, 0.25) is 0 Å². The van der Waals surface area contributed by atoms with Crippen molar-refractivity contribution < 1.29 is 4.42 Å². The summed E-state index contributed by atoms with van der Waals surface area (Å²) in [4.78, 5) is 18.2. The molecule has 5 nitrogen and oxygen atoms in total. The number of furan rings is 1. The molecule has 0 aliphatic heterocycles. The van der Waals surface area contributed by atoms with Gasteiger partial charge in [0.05, 0.1) is 35.4 Å². The second-order valence-corrected chi connectivity index (χ2v) is 7.08. The molecule has 0 radical (unpaired) electrons. The molecule has 142 valence electrons. The maximum absolute atomic E-state index is 13.4. The van der Waals surface area contributed by atoms with Crippen molar-refractivity contribution >= 4 is 10.9 Å². The quantitative estimate of drug-likeness (QED) is 0.562. The highest BCUT2D eigenvalue weighted by Gasteiger charge is 2.18. The molecule has 1 atom stereocenters. The molecule has 2 aromatic heterocycles. The summed E-state index contributed by atoms with van der Waals surface area (Å²) in [7, 11) is 0. The maximum Gasteiger partial charge on any atom is 0.266 e. The number of benzene rings is 2. The third-order valence-corrected chi connectivity index (χ3v) is 5.10. The van der Waals surface area contributed by atoms with Crippen LogP contribution in [0.25, 0.3) is 16.6 Å². The van der Waals surface area contributed by atoms with Gasteiger partial charge in [0.15, 0.2) is 0 Å². The van der Waals surface area contributed by atoms with E-state index in [1.165, 1.54) is 5.56 Å². The number of hydrogen-bond donors (Lipinski definition) is 1. The standard InChI is InChI=1S/C23H23N3O2/c1-15-10-11-18(13-16(15)2)26-22(17(3)24-14-19-7-6-12-28-19)25-21-9-5-4-8-20(21)23(26)27/h4-13,17,24H,14H2,1-3H3. The lowest BCUT2D eigenvalue weighted by atomic mass is 10.1. The lowest BCUT2D eigenvalue weighted by Gasteiger charge is -2.20. The monoisotopic (exact) mass is 373 g/mol. The van der Waals surface area contributed by atoms with E-state index in [0.717, 1.165) is 17.0 Å². The van der Waals surface area contributed by atoms with E-state index in [1.807, 2.05) is 61.5 Å². The normalized spacial score (nSPS) is 12.4. The van der Waals surface area contributed by atoms with E-state index in [2.05, 4.69) is 19.2 Å². The van der Waals surface area contributed by atoms with Crippen molar-refractivity contribution in [1.29, 1.82) is 0 Å². The van der Waals surface area contributed by atoms with Gasteiger partial charge >= 0.3 is 0 Å². The van der Waals surface area contributed by atoms with Crippen LogP contribution in [0.3, 0.4) is 0 Å². The second kappa shape index (κ2) is 7.44. The van der Waals surface area contributed by atoms with E-state index in [-0.39, 0.29) is 11.6 Å². The first-order chi connectivity index (χ1) is 13.5. The van der Waals surface area contributed by atoms with Crippen molar-refractivity contribution in [3.8, 4) is 5.69 Å². The van der Waals surface area contributed by atoms with Crippen molar-refractivity contribution in [1.82, 2.24) is 14.9 Å². The van der Waals surface area contributed by atoms with Crippen molar-refractivity contribution in [2.75, 3.05) is 0 Å². The highest BCUT2D eigenvalue weighted by Crippen LogP contribution is 2.20. The van der Waals surface area contributed by atoms with E-state index in [0.29, 0.717) is 23.3 Å². The molecule has 0 saturated heterocycles. The zero-order chi connectivity index (χ0) is 19.7. The minimum Gasteiger partial charge on any atom is -0.468 e. The molecule has 1 unspecified atom stereocenters. The van der Waals surface area contributed by atoms with Crippen LogP contribution in [0.2, 0.25) is 0 Å². The van der Waals surface area contributed by atoms with Gasteiger partial charge in [-0.3, -0.25) is 9.36 Å². The Morgan fingerprint density at radius 1 is 1.07 bits per heavy atom. The van der Waals surface area contributed by atoms with Gasteiger partial charge in [0, 0.05) is 0 Å². The molecule has 5 heteroatoms. The fraction of sp³-hybridized carbons (Fsp3) is 0.217. The molecule has 0 aliphatic rings. The Morgan fingerprint density at radius 2 is 1.89 bits per heavy atom. The van der Waals surface area contributed by atoms with E-state index in [9.17, 15) is 4.79 Å². The Bertz CT molecular complexity index is 1180. The van der Waals surface area contributed by atoms with Gasteiger partial charge in [-0.05, 0) is 68.3 Å². The van der Waals surface area contributed by atoms with Gasteiger partial charge in [0.25, 0.3) is 5.56 Å². The molecule has 0 spiro atoms. The summed E-state index contributed by atoms with van der Waals surface area (Å²) in [6, 6.07) is 17.2. The summed E-state index contributed by atoms with van der Waals surface area (Å²) in [5.41, 5.74) is 3.80. The van der Waals surface area contributed by atoms with Crippen molar-refractivity contribution in [2.24, 2.45) is 0 Å². The fourth-order valence-electron chi connectivity index (χ4n) is 3.31. The topological polar surface area (TPSA) is 60.1 Å². The lowest BCUT2D eigenvalue weighted by Crippen LogP contribution is -2.30. The molecule has 0 amide bonds. The second-order valence-electron chi connectivity index (χ2n) is 7.08. The SMILES string of the molecule is Cc1ccc(-n2c(C(C)NCc3ccco3)nc3ccccc3c2=O)cc1C. The molecule has 0 fully saturated rings. The van der Waals surface area contributed by atoms with Crippen molar-refractivity contribution in [3.63, 3.8) is 0 Å². The summed E-state index contributed by atoms with van der Waals surface area (Å²) < 4.78 is 7.12. The highest BCUT2D eigenvalue weighted by atomic mass is 16.3. The molecule has 4 aromatic rings. The number of nitrogens with one attached hydrogen (secondary N) is 1. The predicted molar refractivity (Wildman–Crippen MR) is 111 cm³/mol. The molecule has 2 aromatic carbocycles. The Balaban J connectivity index is 1.85. The molecule has 0 aliphatic carbocycles. The van der Waals surface area contributed by atoms with Crippen LogP contribution in [0.1, 0.15) is 35.7 Å². The first kappa shape index (κ1) is 18.2. The van der Waals surface area contributed by atoms with Gasteiger partial charge in [-0.15, -0.1) is 0 Å². The summed E-state index contributed by atoms with van der Waals surface area (Å²) in [5, 5.41) is 4.03. The number of nitrogens with zero attached hydrogens (tertiary/aromatic N) is 2. The smallest absolute Gasteiger partial charge is 0.266 e. The van der Waals surface area contributed by atoms with Crippen LogP contribution < -0.4 is 10.9 Å². The third kappa shape index (κ3) is 3.37. The summed E-state index contributed by atoms with van der Waals surface area (Å²) in [6.45, 7) is 6.69. The van der Waals surface area contributed by atoms with Gasteiger partial charge in [-0.2, -0.15) is 0 Å². The minimum absolute atomic E-state index is 0.0597. The first-order valence-corrected chi connectivity index (χ1v) is 9.39. The highest BCUT2D eigenvalue weighted by molar-refractivity contribution is 5.77. The van der Waals surface area contributed by atoms with Crippen LogP contribution in [0, 0.1) is 13.8 Å². The summed E-state index contributed by atoms with van der Waals surface area (Å²) >= 11 is 0. The Labute approximate surface area is 163 Å². The number of para-hydroxylation sites is 1. The summed E-state index contributed by atoms with van der Waals surface area (Å²) in [5.74, 6) is 1.52. The molecule has 0 bridgehead atoms. The third-order valence-electron chi connectivity index (χ3n) is 5.10. The molecular weight excluding hydrogens is 350 g/mol. The molecule has 1 N–H and O–H groups in total. The van der Waals surface area contributed by atoms with Gasteiger partial charge in [-0.25, -0.2) is 4.98 Å². The number of hydrogen-bond acceptors (Lipinski definition) is 4. The zero-order valence-electron chi connectivity index (χ0n) is 16.3. The lowest BCUT2D eigenvalue weighted by molar-refractivity contribution is 0.450. The van der Waals surface area contributed by atoms with Crippen LogP contribution in [-0.2, 0) is 6.54 Å². The van der Waals surface area contributed by atoms with Crippen LogP contribution in [0.5, 0.6) is 0 Å². The van der Waals surface area contributed by atoms with E-state index in [1.54, 1.807) is 10.8 Å². The van der Waals surface area contributed by atoms with E-state index >= 15 is 0 Å². The summed E-state index contributed by atoms with van der Waals surface area (Å²) in [6.07, 6.45) is 1.65. The van der Waals surface area contributed by atoms with E-state index in [4.69, 9.17) is 9.40 Å². The van der Waals surface area contributed by atoms with Crippen LogP contribution in [0.15, 0.2) is 70.1 Å². The van der Waals surface area contributed by atoms with Crippen LogP contribution in [-0.4, -0.2) is 9.55 Å². The average Bonchev–Trinajstić information content (AvgIpc) is 3.22. The Hall–Kier alpha value is -3.18. The maximum atomic E-state index is 13.4.